The van der Waals surface area contributed by atoms with Gasteiger partial charge in [-0.3, -0.25) is 4.79 Å². The van der Waals surface area contributed by atoms with Gasteiger partial charge in [0.2, 0.25) is 0 Å². The van der Waals surface area contributed by atoms with Crippen LogP contribution in [-0.2, 0) is 16.6 Å². The zero-order valence-electron chi connectivity index (χ0n) is 12.3. The standard InChI is InChI=1S/C13H22N4O2S/c1-4-15-13(11(18)19-5-2)7-6-10(8-13)20-12-14-9-16-17(12)3/h9-10,15H,4-8H2,1-3H3. The molecule has 0 saturated heterocycles. The smallest absolute Gasteiger partial charge is 0.326 e. The molecule has 0 aliphatic heterocycles. The summed E-state index contributed by atoms with van der Waals surface area (Å²) in [5, 5.41) is 8.67. The van der Waals surface area contributed by atoms with E-state index in [1.165, 1.54) is 0 Å². The summed E-state index contributed by atoms with van der Waals surface area (Å²) >= 11 is 1.69. The molecule has 6 nitrogen and oxygen atoms in total. The molecule has 0 bridgehead atoms. The number of hydrogen-bond acceptors (Lipinski definition) is 6. The summed E-state index contributed by atoms with van der Waals surface area (Å²) in [6, 6.07) is 0. The molecule has 2 rings (SSSR count). The van der Waals surface area contributed by atoms with Crippen LogP contribution in [-0.4, -0.2) is 44.7 Å². The number of likely N-dealkylation sites (N-methyl/N-ethyl adjacent to an activating group) is 1. The van der Waals surface area contributed by atoms with Gasteiger partial charge in [0, 0.05) is 12.3 Å². The van der Waals surface area contributed by atoms with Gasteiger partial charge >= 0.3 is 5.97 Å². The summed E-state index contributed by atoms with van der Waals surface area (Å²) in [6.45, 7) is 5.05. The summed E-state index contributed by atoms with van der Waals surface area (Å²) in [4.78, 5) is 16.5. The summed E-state index contributed by atoms with van der Waals surface area (Å²) in [5.74, 6) is -0.122. The molecule has 1 fully saturated rings. The maximum atomic E-state index is 12.2. The summed E-state index contributed by atoms with van der Waals surface area (Å²) < 4.78 is 7.01. The number of rotatable bonds is 6. The maximum Gasteiger partial charge on any atom is 0.326 e. The van der Waals surface area contributed by atoms with Crippen LogP contribution >= 0.6 is 11.8 Å². The number of esters is 1. The van der Waals surface area contributed by atoms with Gasteiger partial charge in [0.15, 0.2) is 5.16 Å². The van der Waals surface area contributed by atoms with Gasteiger partial charge in [-0.2, -0.15) is 5.10 Å². The van der Waals surface area contributed by atoms with Crippen LogP contribution in [0.1, 0.15) is 33.1 Å². The number of aromatic nitrogens is 3. The van der Waals surface area contributed by atoms with Gasteiger partial charge in [0.05, 0.1) is 6.61 Å². The quantitative estimate of drug-likeness (QED) is 0.800. The third kappa shape index (κ3) is 3.15. The van der Waals surface area contributed by atoms with Crippen molar-refractivity contribution >= 4 is 17.7 Å². The predicted molar refractivity (Wildman–Crippen MR) is 77.5 cm³/mol. The highest BCUT2D eigenvalue weighted by Gasteiger charge is 2.46. The third-order valence-corrected chi connectivity index (χ3v) is 4.91. The minimum Gasteiger partial charge on any atom is -0.465 e. The molecule has 1 N–H and O–H groups in total. The van der Waals surface area contributed by atoms with Crippen molar-refractivity contribution in [3.63, 3.8) is 0 Å². The van der Waals surface area contributed by atoms with Crippen molar-refractivity contribution in [1.82, 2.24) is 20.1 Å². The van der Waals surface area contributed by atoms with Crippen LogP contribution in [0.5, 0.6) is 0 Å². The molecular formula is C13H22N4O2S. The van der Waals surface area contributed by atoms with Crippen LogP contribution in [0, 0.1) is 0 Å². The Labute approximate surface area is 123 Å². The average Bonchev–Trinajstić information content (AvgIpc) is 3.00. The molecular weight excluding hydrogens is 276 g/mol. The lowest BCUT2D eigenvalue weighted by atomic mass is 9.98. The molecule has 2 unspecified atom stereocenters. The molecule has 1 aliphatic carbocycles. The fraction of sp³-hybridized carbons (Fsp3) is 0.769. The van der Waals surface area contributed by atoms with E-state index in [9.17, 15) is 4.79 Å². The van der Waals surface area contributed by atoms with E-state index in [2.05, 4.69) is 15.4 Å². The first kappa shape index (κ1) is 15.3. The lowest BCUT2D eigenvalue weighted by molar-refractivity contribution is -0.151. The van der Waals surface area contributed by atoms with E-state index in [-0.39, 0.29) is 5.97 Å². The van der Waals surface area contributed by atoms with Crippen LogP contribution in [0.25, 0.3) is 0 Å². The van der Waals surface area contributed by atoms with Crippen molar-refractivity contribution in [2.24, 2.45) is 7.05 Å². The largest absolute Gasteiger partial charge is 0.465 e. The zero-order valence-corrected chi connectivity index (χ0v) is 13.1. The van der Waals surface area contributed by atoms with Crippen molar-refractivity contribution < 1.29 is 9.53 Å². The maximum absolute atomic E-state index is 12.2. The number of nitrogens with zero attached hydrogens (tertiary/aromatic N) is 3. The second-order valence-corrected chi connectivity index (χ2v) is 6.25. The SMILES string of the molecule is CCNC1(C(=O)OCC)CCC(Sc2ncnn2C)C1. The van der Waals surface area contributed by atoms with Gasteiger partial charge < -0.3 is 10.1 Å². The Balaban J connectivity index is 2.03. The molecule has 0 radical (unpaired) electrons. The molecule has 1 aliphatic rings. The number of nitrogens with one attached hydrogen (secondary N) is 1. The zero-order chi connectivity index (χ0) is 14.6. The van der Waals surface area contributed by atoms with Crippen LogP contribution in [0.3, 0.4) is 0 Å². The van der Waals surface area contributed by atoms with Crippen molar-refractivity contribution in [1.29, 1.82) is 0 Å². The molecule has 2 atom stereocenters. The summed E-state index contributed by atoms with van der Waals surface area (Å²) in [5.41, 5.74) is -0.527. The first-order valence-corrected chi connectivity index (χ1v) is 7.92. The van der Waals surface area contributed by atoms with Crippen molar-refractivity contribution in [3.05, 3.63) is 6.33 Å². The number of carbonyl (C=O) groups excluding carboxylic acids is 1. The molecule has 0 aromatic carbocycles. The third-order valence-electron chi connectivity index (χ3n) is 3.59. The van der Waals surface area contributed by atoms with E-state index in [1.807, 2.05) is 20.9 Å². The highest BCUT2D eigenvalue weighted by Crippen LogP contribution is 2.40. The van der Waals surface area contributed by atoms with Gasteiger partial charge in [-0.05, 0) is 32.7 Å². The number of carbonyl (C=O) groups is 1. The highest BCUT2D eigenvalue weighted by atomic mass is 32.2. The molecule has 0 spiro atoms. The number of thioether (sulfide) groups is 1. The lowest BCUT2D eigenvalue weighted by Gasteiger charge is -2.27. The molecule has 1 heterocycles. The van der Waals surface area contributed by atoms with Crippen molar-refractivity contribution in [2.75, 3.05) is 13.2 Å². The molecule has 20 heavy (non-hydrogen) atoms. The first-order chi connectivity index (χ1) is 9.61. The number of ether oxygens (including phenoxy) is 1. The molecule has 0 amide bonds. The summed E-state index contributed by atoms with van der Waals surface area (Å²) in [6.07, 6.45) is 4.12. The average molecular weight is 298 g/mol. The van der Waals surface area contributed by atoms with Crippen LogP contribution in [0.4, 0.5) is 0 Å². The van der Waals surface area contributed by atoms with Crippen molar-refractivity contribution in [3.8, 4) is 0 Å². The lowest BCUT2D eigenvalue weighted by Crippen LogP contribution is -2.51. The van der Waals surface area contributed by atoms with E-state index in [4.69, 9.17) is 4.74 Å². The van der Waals surface area contributed by atoms with E-state index in [1.54, 1.807) is 22.8 Å². The van der Waals surface area contributed by atoms with Crippen LogP contribution < -0.4 is 5.32 Å². The molecule has 1 saturated carbocycles. The number of aryl methyl sites for hydroxylation is 1. The Morgan fingerprint density at radius 2 is 2.45 bits per heavy atom. The summed E-state index contributed by atoms with van der Waals surface area (Å²) in [7, 11) is 1.88. The van der Waals surface area contributed by atoms with Gasteiger partial charge in [0.25, 0.3) is 0 Å². The number of hydrogen-bond donors (Lipinski definition) is 1. The van der Waals surface area contributed by atoms with Gasteiger partial charge in [0.1, 0.15) is 11.9 Å². The van der Waals surface area contributed by atoms with E-state index in [0.717, 1.165) is 31.0 Å². The Morgan fingerprint density at radius 1 is 1.65 bits per heavy atom. The first-order valence-electron chi connectivity index (χ1n) is 7.04. The second kappa shape index (κ2) is 6.58. The normalized spacial score (nSPS) is 25.9. The Kier molecular flexibility index (Phi) is 5.04. The van der Waals surface area contributed by atoms with Gasteiger partial charge in [-0.1, -0.05) is 18.7 Å². The van der Waals surface area contributed by atoms with E-state index in [0.29, 0.717) is 11.9 Å². The molecule has 7 heteroatoms. The van der Waals surface area contributed by atoms with E-state index < -0.39 is 5.54 Å². The highest BCUT2D eigenvalue weighted by molar-refractivity contribution is 7.99. The molecule has 1 aromatic heterocycles. The van der Waals surface area contributed by atoms with Crippen LogP contribution in [0.2, 0.25) is 0 Å². The van der Waals surface area contributed by atoms with E-state index >= 15 is 0 Å². The minimum absolute atomic E-state index is 0.122. The van der Waals surface area contributed by atoms with Crippen molar-refractivity contribution in [2.45, 2.75) is 49.1 Å². The fourth-order valence-electron chi connectivity index (χ4n) is 2.67. The predicted octanol–water partition coefficient (Wildman–Crippen LogP) is 1.37. The Morgan fingerprint density at radius 3 is 3.05 bits per heavy atom. The monoisotopic (exact) mass is 298 g/mol. The Hall–Kier alpha value is -1.08. The molecule has 1 aromatic rings. The van der Waals surface area contributed by atoms with Gasteiger partial charge in [-0.25, -0.2) is 9.67 Å². The minimum atomic E-state index is -0.527. The second-order valence-electron chi connectivity index (χ2n) is 4.98. The van der Waals surface area contributed by atoms with Crippen LogP contribution in [0.15, 0.2) is 11.5 Å². The van der Waals surface area contributed by atoms with Gasteiger partial charge in [-0.15, -0.1) is 0 Å². The molecule has 112 valence electrons. The topological polar surface area (TPSA) is 69.0 Å². The fourth-order valence-corrected chi connectivity index (χ4v) is 3.88. The Bertz CT molecular complexity index is 465.